The molecule has 1 aromatic carbocycles. The number of anilines is 1. The zero-order valence-electron chi connectivity index (χ0n) is 9.95. The van der Waals surface area contributed by atoms with E-state index in [0.717, 1.165) is 29.6 Å². The zero-order chi connectivity index (χ0) is 13.6. The van der Waals surface area contributed by atoms with E-state index in [2.05, 4.69) is 41.8 Å². The van der Waals surface area contributed by atoms with Gasteiger partial charge in [-0.05, 0) is 56.5 Å². The molecule has 0 radical (unpaired) electrons. The lowest BCUT2D eigenvalue weighted by Crippen LogP contribution is -1.98. The van der Waals surface area contributed by atoms with E-state index in [1.54, 1.807) is 11.3 Å². The highest BCUT2D eigenvalue weighted by atomic mass is 79.9. The number of aromatic nitrogens is 2. The maximum absolute atomic E-state index is 6.08. The summed E-state index contributed by atoms with van der Waals surface area (Å²) in [6.45, 7) is 2.01. The molecule has 2 N–H and O–H groups in total. The molecule has 0 amide bonds. The van der Waals surface area contributed by atoms with E-state index in [9.17, 15) is 0 Å². The Balaban J connectivity index is 2.30. The monoisotopic (exact) mass is 397 g/mol. The van der Waals surface area contributed by atoms with Crippen LogP contribution in [-0.2, 0) is 0 Å². The molecule has 6 heteroatoms. The first-order valence-corrected chi connectivity index (χ1v) is 7.94. The van der Waals surface area contributed by atoms with Crippen LogP contribution in [0.25, 0.3) is 22.3 Å². The summed E-state index contributed by atoms with van der Waals surface area (Å²) in [6, 6.07) is 7.94. The Morgan fingerprint density at radius 2 is 2.00 bits per heavy atom. The number of rotatable bonds is 1. The first-order valence-electron chi connectivity index (χ1n) is 5.54. The molecular weight excluding hydrogens is 390 g/mol. The lowest BCUT2D eigenvalue weighted by atomic mass is 10.1. The van der Waals surface area contributed by atoms with Gasteiger partial charge in [0, 0.05) is 10.9 Å². The molecule has 0 saturated carbocycles. The van der Waals surface area contributed by atoms with Crippen molar-refractivity contribution in [2.75, 3.05) is 5.73 Å². The van der Waals surface area contributed by atoms with Gasteiger partial charge in [0.05, 0.1) is 13.1 Å². The molecule has 2 aromatic heterocycles. The van der Waals surface area contributed by atoms with E-state index in [0.29, 0.717) is 11.6 Å². The largest absolute Gasteiger partial charge is 0.383 e. The van der Waals surface area contributed by atoms with Crippen LogP contribution in [0.1, 0.15) is 5.56 Å². The molecule has 19 heavy (non-hydrogen) atoms. The van der Waals surface area contributed by atoms with Gasteiger partial charge in [0.15, 0.2) is 5.82 Å². The van der Waals surface area contributed by atoms with E-state index in [1.807, 2.05) is 31.2 Å². The molecule has 0 saturated heterocycles. The topological polar surface area (TPSA) is 51.8 Å². The number of nitrogens with zero attached hydrogens (tertiary/aromatic N) is 2. The summed E-state index contributed by atoms with van der Waals surface area (Å²) in [5, 5.41) is 0.927. The van der Waals surface area contributed by atoms with Crippen LogP contribution >= 0.6 is 43.2 Å². The van der Waals surface area contributed by atoms with E-state index >= 15 is 0 Å². The van der Waals surface area contributed by atoms with Gasteiger partial charge in [-0.1, -0.05) is 12.1 Å². The Morgan fingerprint density at radius 3 is 2.68 bits per heavy atom. The molecule has 0 aliphatic rings. The van der Waals surface area contributed by atoms with Crippen molar-refractivity contribution in [1.29, 1.82) is 0 Å². The Labute approximate surface area is 131 Å². The van der Waals surface area contributed by atoms with Crippen LogP contribution in [0.5, 0.6) is 0 Å². The second kappa shape index (κ2) is 4.85. The predicted octanol–water partition coefficient (Wildman–Crippen LogP) is 4.77. The van der Waals surface area contributed by atoms with E-state index in [-0.39, 0.29) is 0 Å². The summed E-state index contributed by atoms with van der Waals surface area (Å²) in [4.78, 5) is 9.04. The summed E-state index contributed by atoms with van der Waals surface area (Å²) in [7, 11) is 0. The number of fused-ring (bicyclic) bond motifs is 1. The maximum Gasteiger partial charge on any atom is 0.164 e. The first kappa shape index (κ1) is 13.0. The molecule has 2 heterocycles. The van der Waals surface area contributed by atoms with Crippen LogP contribution in [0.3, 0.4) is 0 Å². The van der Waals surface area contributed by atoms with Crippen LogP contribution in [0.2, 0.25) is 0 Å². The van der Waals surface area contributed by atoms with Gasteiger partial charge >= 0.3 is 0 Å². The van der Waals surface area contributed by atoms with Crippen LogP contribution in [0, 0.1) is 6.92 Å². The van der Waals surface area contributed by atoms with Crippen molar-refractivity contribution in [1.82, 2.24) is 9.97 Å². The van der Waals surface area contributed by atoms with Crippen molar-refractivity contribution in [3.05, 3.63) is 37.4 Å². The number of nitrogen functional groups attached to an aromatic ring is 1. The zero-order valence-corrected chi connectivity index (χ0v) is 13.9. The van der Waals surface area contributed by atoms with Gasteiger partial charge in [-0.15, -0.1) is 11.3 Å². The fourth-order valence-corrected chi connectivity index (χ4v) is 4.79. The van der Waals surface area contributed by atoms with Crippen molar-refractivity contribution < 1.29 is 0 Å². The number of hydrogen-bond acceptors (Lipinski definition) is 4. The molecule has 0 bridgehead atoms. The highest BCUT2D eigenvalue weighted by molar-refractivity contribution is 9.12. The minimum absolute atomic E-state index is 0.521. The van der Waals surface area contributed by atoms with Gasteiger partial charge in [0.2, 0.25) is 0 Å². The van der Waals surface area contributed by atoms with Crippen LogP contribution < -0.4 is 5.73 Å². The summed E-state index contributed by atoms with van der Waals surface area (Å²) in [5.74, 6) is 1.16. The minimum atomic E-state index is 0.521. The molecule has 0 aliphatic heterocycles. The maximum atomic E-state index is 6.08. The molecule has 0 atom stereocenters. The normalized spacial score (nSPS) is 11.1. The lowest BCUT2D eigenvalue weighted by Gasteiger charge is -2.06. The number of benzene rings is 1. The molecule has 0 spiro atoms. The Morgan fingerprint density at radius 1 is 1.21 bits per heavy atom. The third-order valence-electron chi connectivity index (χ3n) is 2.86. The number of hydrogen-bond donors (Lipinski definition) is 1. The number of halogens is 2. The molecule has 0 fully saturated rings. The fourth-order valence-electron chi connectivity index (χ4n) is 2.00. The second-order valence-electron chi connectivity index (χ2n) is 4.14. The highest BCUT2D eigenvalue weighted by Gasteiger charge is 2.13. The minimum Gasteiger partial charge on any atom is -0.383 e. The van der Waals surface area contributed by atoms with Crippen molar-refractivity contribution in [3.63, 3.8) is 0 Å². The average molecular weight is 399 g/mol. The fraction of sp³-hybridized carbons (Fsp3) is 0.0769. The van der Waals surface area contributed by atoms with Crippen LogP contribution in [0.4, 0.5) is 5.82 Å². The molecule has 96 valence electrons. The molecule has 3 rings (SSSR count). The lowest BCUT2D eigenvalue weighted by molar-refractivity contribution is 1.23. The van der Waals surface area contributed by atoms with Crippen LogP contribution in [-0.4, -0.2) is 9.97 Å². The molecule has 0 aliphatic carbocycles. The van der Waals surface area contributed by atoms with Crippen LogP contribution in [0.15, 0.2) is 31.8 Å². The first-order chi connectivity index (χ1) is 9.06. The van der Waals surface area contributed by atoms with Crippen molar-refractivity contribution in [2.24, 2.45) is 0 Å². The van der Waals surface area contributed by atoms with Gasteiger partial charge < -0.3 is 5.73 Å². The third kappa shape index (κ3) is 2.28. The SMILES string of the molecule is Cc1cccc2nc(-c3cc(Br)sc3Br)nc(N)c12. The summed E-state index contributed by atoms with van der Waals surface area (Å²) >= 11 is 8.58. The average Bonchev–Trinajstić information content (AvgIpc) is 2.68. The molecule has 3 nitrogen and oxygen atoms in total. The van der Waals surface area contributed by atoms with Gasteiger partial charge in [0.1, 0.15) is 5.82 Å². The van der Waals surface area contributed by atoms with Crippen molar-refractivity contribution in [3.8, 4) is 11.4 Å². The predicted molar refractivity (Wildman–Crippen MR) is 87.4 cm³/mol. The molecule has 0 unspecified atom stereocenters. The summed E-state index contributed by atoms with van der Waals surface area (Å²) < 4.78 is 2.02. The molecular formula is C13H9Br2N3S. The van der Waals surface area contributed by atoms with Gasteiger partial charge in [-0.2, -0.15) is 0 Å². The van der Waals surface area contributed by atoms with E-state index < -0.39 is 0 Å². The van der Waals surface area contributed by atoms with Gasteiger partial charge in [-0.25, -0.2) is 9.97 Å². The standard InChI is InChI=1S/C13H9Br2N3S/c1-6-3-2-4-8-10(6)12(16)18-13(17-8)7-5-9(14)19-11(7)15/h2-5H,1H3,(H2,16,17,18). The highest BCUT2D eigenvalue weighted by Crippen LogP contribution is 2.38. The van der Waals surface area contributed by atoms with Crippen molar-refractivity contribution in [2.45, 2.75) is 6.92 Å². The Kier molecular flexibility index (Phi) is 3.32. The smallest absolute Gasteiger partial charge is 0.164 e. The Bertz CT molecular complexity index is 783. The van der Waals surface area contributed by atoms with Crippen molar-refractivity contribution >= 4 is 59.9 Å². The Hall–Kier alpha value is -0.980. The number of nitrogens with two attached hydrogens (primary N) is 1. The number of aryl methyl sites for hydroxylation is 1. The quantitative estimate of drug-likeness (QED) is 0.641. The third-order valence-corrected chi connectivity index (χ3v) is 5.20. The van der Waals surface area contributed by atoms with Gasteiger partial charge in [0.25, 0.3) is 0 Å². The summed E-state index contributed by atoms with van der Waals surface area (Å²) in [6.07, 6.45) is 0. The summed E-state index contributed by atoms with van der Waals surface area (Å²) in [5.41, 5.74) is 8.99. The second-order valence-corrected chi connectivity index (χ2v) is 7.89. The van der Waals surface area contributed by atoms with E-state index in [1.165, 1.54) is 0 Å². The number of thiophene rings is 1. The van der Waals surface area contributed by atoms with Gasteiger partial charge in [-0.3, -0.25) is 0 Å². The molecule has 3 aromatic rings. The van der Waals surface area contributed by atoms with E-state index in [4.69, 9.17) is 5.73 Å².